The Morgan fingerprint density at radius 2 is 2.05 bits per heavy atom. The van der Waals surface area contributed by atoms with Crippen LogP contribution in [0.1, 0.15) is 58.5 Å². The number of rotatable bonds is 6. The Balaban J connectivity index is 2.05. The van der Waals surface area contributed by atoms with Gasteiger partial charge in [0.2, 0.25) is 0 Å². The highest BCUT2D eigenvalue weighted by Crippen LogP contribution is 2.47. The molecule has 0 amide bonds. The molecule has 1 aromatic rings. The van der Waals surface area contributed by atoms with Crippen molar-refractivity contribution in [2.24, 2.45) is 11.8 Å². The summed E-state index contributed by atoms with van der Waals surface area (Å²) in [5.41, 5.74) is 1.40. The molecule has 0 aliphatic heterocycles. The summed E-state index contributed by atoms with van der Waals surface area (Å²) in [5.74, 6) is 4.18. The predicted molar refractivity (Wildman–Crippen MR) is 81.2 cm³/mol. The van der Waals surface area contributed by atoms with Crippen LogP contribution in [0.25, 0.3) is 6.08 Å². The maximum absolute atomic E-state index is 5.96. The summed E-state index contributed by atoms with van der Waals surface area (Å²) >= 11 is 0. The second-order valence-corrected chi connectivity index (χ2v) is 6.47. The zero-order valence-electron chi connectivity index (χ0n) is 12.9. The maximum atomic E-state index is 5.96. The lowest BCUT2D eigenvalue weighted by atomic mass is 10.0. The van der Waals surface area contributed by atoms with Crippen LogP contribution in [-0.2, 0) is 0 Å². The highest BCUT2D eigenvalue weighted by atomic mass is 16.3. The summed E-state index contributed by atoms with van der Waals surface area (Å²) in [7, 11) is 0. The fraction of sp³-hybridized carbons (Fsp3) is 0.647. The smallest absolute Gasteiger partial charge is 0.127 e. The van der Waals surface area contributed by atoms with Gasteiger partial charge in [-0.15, -0.1) is 0 Å². The fourth-order valence-electron chi connectivity index (χ4n) is 2.29. The van der Waals surface area contributed by atoms with E-state index in [-0.39, 0.29) is 0 Å². The lowest BCUT2D eigenvalue weighted by Gasteiger charge is -2.14. The minimum Gasteiger partial charge on any atom is -0.461 e. The topological polar surface area (TPSA) is 25.2 Å². The Bertz CT molecular complexity index is 442. The van der Waals surface area contributed by atoms with Crippen LogP contribution < -0.4 is 5.32 Å². The molecule has 2 heteroatoms. The Labute approximate surface area is 117 Å². The van der Waals surface area contributed by atoms with E-state index in [1.54, 1.807) is 0 Å². The molecule has 2 atom stereocenters. The molecular formula is C17H27NO. The van der Waals surface area contributed by atoms with E-state index in [1.165, 1.54) is 17.8 Å². The molecule has 0 saturated heterocycles. The van der Waals surface area contributed by atoms with E-state index in [9.17, 15) is 0 Å². The standard InChI is InChI=1S/C17H27NO/c1-11(2)14(10-18-12(3)4)9-15-6-7-17(19-15)16-8-13(16)5/h6-7,9,11-13,16,18H,8,10H2,1-5H3. The maximum Gasteiger partial charge on any atom is 0.127 e. The first-order valence-corrected chi connectivity index (χ1v) is 7.51. The zero-order valence-corrected chi connectivity index (χ0v) is 12.9. The first kappa shape index (κ1) is 14.4. The summed E-state index contributed by atoms with van der Waals surface area (Å²) in [5, 5.41) is 3.49. The molecule has 19 heavy (non-hydrogen) atoms. The van der Waals surface area contributed by atoms with Gasteiger partial charge in [-0.05, 0) is 36.5 Å². The molecule has 1 aliphatic rings. The molecule has 0 aromatic carbocycles. The van der Waals surface area contributed by atoms with Crippen LogP contribution in [0.2, 0.25) is 0 Å². The number of nitrogens with one attached hydrogen (secondary N) is 1. The van der Waals surface area contributed by atoms with Crippen LogP contribution in [0, 0.1) is 11.8 Å². The fourth-order valence-corrected chi connectivity index (χ4v) is 2.29. The van der Waals surface area contributed by atoms with Crippen LogP contribution in [0.5, 0.6) is 0 Å². The third-order valence-electron chi connectivity index (χ3n) is 3.91. The monoisotopic (exact) mass is 261 g/mol. The van der Waals surface area contributed by atoms with Crippen LogP contribution in [0.15, 0.2) is 22.1 Å². The Morgan fingerprint density at radius 1 is 1.37 bits per heavy atom. The highest BCUT2D eigenvalue weighted by Gasteiger charge is 2.36. The molecule has 1 heterocycles. The molecule has 0 radical (unpaired) electrons. The van der Waals surface area contributed by atoms with Crippen molar-refractivity contribution in [1.29, 1.82) is 0 Å². The van der Waals surface area contributed by atoms with Gasteiger partial charge in [-0.3, -0.25) is 0 Å². The minimum atomic E-state index is 0.515. The van der Waals surface area contributed by atoms with Crippen molar-refractivity contribution in [2.45, 2.75) is 53.0 Å². The van der Waals surface area contributed by atoms with Gasteiger partial charge in [-0.2, -0.15) is 0 Å². The molecule has 0 bridgehead atoms. The minimum absolute atomic E-state index is 0.515. The van der Waals surface area contributed by atoms with Gasteiger partial charge in [0.05, 0.1) is 0 Å². The van der Waals surface area contributed by atoms with Gasteiger partial charge in [0.25, 0.3) is 0 Å². The first-order valence-electron chi connectivity index (χ1n) is 7.51. The number of hydrogen-bond donors (Lipinski definition) is 1. The molecule has 1 aromatic heterocycles. The van der Waals surface area contributed by atoms with Crippen LogP contribution >= 0.6 is 0 Å². The van der Waals surface area contributed by atoms with Gasteiger partial charge in [-0.1, -0.05) is 40.2 Å². The summed E-state index contributed by atoms with van der Waals surface area (Å²) in [6.07, 6.45) is 3.49. The second-order valence-electron chi connectivity index (χ2n) is 6.47. The Morgan fingerprint density at radius 3 is 2.58 bits per heavy atom. The normalized spacial score (nSPS) is 23.4. The van der Waals surface area contributed by atoms with Crippen molar-refractivity contribution < 1.29 is 4.42 Å². The van der Waals surface area contributed by atoms with Crippen molar-refractivity contribution in [3.05, 3.63) is 29.2 Å². The van der Waals surface area contributed by atoms with Crippen molar-refractivity contribution in [2.75, 3.05) is 6.54 Å². The van der Waals surface area contributed by atoms with E-state index in [2.05, 4.69) is 58.1 Å². The van der Waals surface area contributed by atoms with Crippen molar-refractivity contribution in [3.63, 3.8) is 0 Å². The zero-order chi connectivity index (χ0) is 14.0. The summed E-state index contributed by atoms with van der Waals surface area (Å²) in [4.78, 5) is 0. The van der Waals surface area contributed by atoms with E-state index in [0.717, 1.165) is 18.2 Å². The van der Waals surface area contributed by atoms with E-state index in [4.69, 9.17) is 4.42 Å². The molecule has 1 aliphatic carbocycles. The van der Waals surface area contributed by atoms with Crippen LogP contribution in [0.3, 0.4) is 0 Å². The van der Waals surface area contributed by atoms with E-state index >= 15 is 0 Å². The van der Waals surface area contributed by atoms with Gasteiger partial charge in [0, 0.05) is 18.5 Å². The average Bonchev–Trinajstić information content (AvgIpc) is 2.89. The molecule has 1 saturated carbocycles. The third-order valence-corrected chi connectivity index (χ3v) is 3.91. The number of hydrogen-bond acceptors (Lipinski definition) is 2. The van der Waals surface area contributed by atoms with Crippen molar-refractivity contribution in [3.8, 4) is 0 Å². The molecule has 2 unspecified atom stereocenters. The lowest BCUT2D eigenvalue weighted by molar-refractivity contribution is 0.496. The number of furan rings is 1. The van der Waals surface area contributed by atoms with Gasteiger partial charge in [0.1, 0.15) is 11.5 Å². The van der Waals surface area contributed by atoms with Gasteiger partial charge < -0.3 is 9.73 Å². The Hall–Kier alpha value is -1.02. The molecular weight excluding hydrogens is 234 g/mol. The molecule has 2 rings (SSSR count). The van der Waals surface area contributed by atoms with E-state index in [0.29, 0.717) is 17.9 Å². The van der Waals surface area contributed by atoms with Crippen LogP contribution in [-0.4, -0.2) is 12.6 Å². The second kappa shape index (κ2) is 5.96. The molecule has 1 fully saturated rings. The van der Waals surface area contributed by atoms with E-state index < -0.39 is 0 Å². The SMILES string of the molecule is CC(C)NCC(=Cc1ccc(C2CC2C)o1)C(C)C. The van der Waals surface area contributed by atoms with Gasteiger partial charge in [-0.25, -0.2) is 0 Å². The van der Waals surface area contributed by atoms with Gasteiger partial charge >= 0.3 is 0 Å². The molecule has 0 spiro atoms. The quantitative estimate of drug-likeness (QED) is 0.819. The highest BCUT2D eigenvalue weighted by molar-refractivity contribution is 5.49. The van der Waals surface area contributed by atoms with Crippen molar-refractivity contribution >= 4 is 6.08 Å². The van der Waals surface area contributed by atoms with Crippen LogP contribution in [0.4, 0.5) is 0 Å². The summed E-state index contributed by atoms with van der Waals surface area (Å²) in [6.45, 7) is 12.1. The summed E-state index contributed by atoms with van der Waals surface area (Å²) < 4.78 is 5.96. The lowest BCUT2D eigenvalue weighted by Crippen LogP contribution is -2.26. The van der Waals surface area contributed by atoms with Crippen molar-refractivity contribution in [1.82, 2.24) is 5.32 Å². The Kier molecular flexibility index (Phi) is 4.51. The van der Waals surface area contributed by atoms with E-state index in [1.807, 2.05) is 0 Å². The molecule has 2 nitrogen and oxygen atoms in total. The first-order chi connectivity index (χ1) is 8.97. The molecule has 106 valence electrons. The van der Waals surface area contributed by atoms with Gasteiger partial charge in [0.15, 0.2) is 0 Å². The third kappa shape index (κ3) is 3.97. The predicted octanol–water partition coefficient (Wildman–Crippen LogP) is 4.44. The summed E-state index contributed by atoms with van der Waals surface area (Å²) in [6, 6.07) is 4.77. The average molecular weight is 261 g/mol. The molecule has 1 N–H and O–H groups in total. The largest absolute Gasteiger partial charge is 0.461 e.